The third kappa shape index (κ3) is 6.95. The molecule has 8 N–H and O–H groups in total. The maximum Gasteiger partial charge on any atom is 0.466 e. The molecule has 1 aliphatic heterocycles. The topological polar surface area (TPSA) is 202 Å². The monoisotopic (exact) mass is 611 g/mol. The summed E-state index contributed by atoms with van der Waals surface area (Å²) in [6, 6.07) is 4.57. The molecule has 0 saturated carbocycles. The molecule has 0 spiro atoms. The van der Waals surface area contributed by atoms with Crippen LogP contribution in [0.4, 0.5) is 24.5 Å². The van der Waals surface area contributed by atoms with E-state index >= 15 is 0 Å². The van der Waals surface area contributed by atoms with E-state index in [0.717, 1.165) is 30.3 Å². The van der Waals surface area contributed by atoms with Gasteiger partial charge in [0.25, 0.3) is 5.91 Å². The number of phosphoric acid groups is 1. The zero-order valence-corrected chi connectivity index (χ0v) is 23.0. The third-order valence-electron chi connectivity index (χ3n) is 6.87. The summed E-state index contributed by atoms with van der Waals surface area (Å²) in [6.07, 6.45) is 1.10. The van der Waals surface area contributed by atoms with Crippen LogP contribution in [-0.2, 0) is 11.0 Å². The summed E-state index contributed by atoms with van der Waals surface area (Å²) in [4.78, 5) is 44.7. The molecule has 0 radical (unpaired) electrons. The highest BCUT2D eigenvalue weighted by atomic mass is 31.2. The van der Waals surface area contributed by atoms with Gasteiger partial charge in [0, 0.05) is 18.2 Å². The number of nitrogens with one attached hydrogen (secondary N) is 1. The van der Waals surface area contributed by atoms with E-state index in [1.54, 1.807) is 4.90 Å². The Kier molecular flexibility index (Phi) is 9.33. The zero-order valence-electron chi connectivity index (χ0n) is 22.2. The van der Waals surface area contributed by atoms with Crippen molar-refractivity contribution in [3.05, 3.63) is 70.9 Å². The largest absolute Gasteiger partial charge is 0.466 e. The molecule has 1 aliphatic carbocycles. The number of hydrogen-bond donors (Lipinski definition) is 7. The summed E-state index contributed by atoms with van der Waals surface area (Å²) in [6.45, 7) is 2.45. The van der Waals surface area contributed by atoms with Gasteiger partial charge in [-0.05, 0) is 49.4 Å². The number of benzene rings is 1. The lowest BCUT2D eigenvalue weighted by atomic mass is 9.93. The number of piperidine rings is 1. The first-order valence-corrected chi connectivity index (χ1v) is 14.3. The number of aliphatic hydroxyl groups excluding tert-OH is 2. The number of carbonyl (C=O) groups excluding carboxylic acids is 1. The number of nitrogens with zero attached hydrogens (tertiary/aromatic N) is 3. The summed E-state index contributed by atoms with van der Waals surface area (Å²) in [5.41, 5.74) is 6.46. The molecule has 1 amide bonds. The van der Waals surface area contributed by atoms with E-state index in [0.29, 0.717) is 42.8 Å². The second-order valence-electron chi connectivity index (χ2n) is 10.1. The van der Waals surface area contributed by atoms with Crippen molar-refractivity contribution in [3.8, 4) is 11.3 Å². The standard InChI is InChI=1S/C26H26F3N5O3.H3O4P/c1-12-9-17(30)26(37)34(11-12)24-13-5-8-20(35)22(13)31-10-19(24)33-25(36)18-7-6-16(29)23(32-18)21-14(27)3-2-4-15(21)28;1-5(2,3)4/h2-4,6-7,10,12,17,20,26,35,37H,5,8-9,11,30H2,1H3,(H,33,36);(H3,1,2,3,4)/t12-,17+,20+,26?;/m0./s1. The maximum atomic E-state index is 14.5. The van der Waals surface area contributed by atoms with E-state index in [9.17, 15) is 28.2 Å². The SMILES string of the molecule is C[C@H]1C[C@@H](N)C(O)N(c2c(NC(=O)c3ccc(F)c(-c4c(F)cccc4F)n3)cnc3c2CC[C@H]3O)C1.O=P(O)(O)O. The van der Waals surface area contributed by atoms with Crippen LogP contribution in [-0.4, -0.2) is 59.6 Å². The van der Waals surface area contributed by atoms with Gasteiger partial charge >= 0.3 is 7.82 Å². The van der Waals surface area contributed by atoms with Crippen LogP contribution in [0.1, 0.15) is 47.6 Å². The number of carbonyl (C=O) groups is 1. The number of halogens is 3. The lowest BCUT2D eigenvalue weighted by Crippen LogP contribution is -2.55. The molecule has 4 atom stereocenters. The van der Waals surface area contributed by atoms with E-state index in [4.69, 9.17) is 25.0 Å². The molecule has 1 unspecified atom stereocenters. The first kappa shape index (κ1) is 31.5. The van der Waals surface area contributed by atoms with E-state index in [2.05, 4.69) is 15.3 Å². The van der Waals surface area contributed by atoms with Crippen LogP contribution < -0.4 is 16.0 Å². The molecule has 0 bridgehead atoms. The summed E-state index contributed by atoms with van der Waals surface area (Å²) in [5.74, 6) is -3.65. The minimum Gasteiger partial charge on any atom is -0.387 e. The van der Waals surface area contributed by atoms with Crippen molar-refractivity contribution in [1.82, 2.24) is 9.97 Å². The van der Waals surface area contributed by atoms with Crippen molar-refractivity contribution < 1.29 is 47.4 Å². The molecule has 42 heavy (non-hydrogen) atoms. The highest BCUT2D eigenvalue weighted by Gasteiger charge is 2.37. The highest BCUT2D eigenvalue weighted by Crippen LogP contribution is 2.42. The Bertz CT molecular complexity index is 1510. The van der Waals surface area contributed by atoms with Crippen LogP contribution >= 0.6 is 7.82 Å². The van der Waals surface area contributed by atoms with Gasteiger partial charge in [0.05, 0.1) is 34.9 Å². The minimum absolute atomic E-state index is 0.147. The van der Waals surface area contributed by atoms with Gasteiger partial charge in [0.2, 0.25) is 0 Å². The lowest BCUT2D eigenvalue weighted by molar-refractivity contribution is 0.101. The van der Waals surface area contributed by atoms with Gasteiger partial charge in [-0.1, -0.05) is 13.0 Å². The fourth-order valence-corrected chi connectivity index (χ4v) is 5.14. The van der Waals surface area contributed by atoms with Crippen LogP contribution in [0.5, 0.6) is 0 Å². The Hall–Kier alpha value is -3.43. The minimum atomic E-state index is -4.64. The number of hydrogen-bond acceptors (Lipinski definition) is 8. The van der Waals surface area contributed by atoms with Crippen LogP contribution in [0, 0.1) is 23.4 Å². The molecule has 1 saturated heterocycles. The number of fused-ring (bicyclic) bond motifs is 1. The van der Waals surface area contributed by atoms with E-state index < -0.39 is 60.8 Å². The zero-order chi connectivity index (χ0) is 30.9. The maximum absolute atomic E-state index is 14.5. The van der Waals surface area contributed by atoms with Gasteiger partial charge in [-0.2, -0.15) is 0 Å². The van der Waals surface area contributed by atoms with Gasteiger partial charge in [0.1, 0.15) is 35.1 Å². The average molecular weight is 612 g/mol. The number of aliphatic hydroxyl groups is 2. The van der Waals surface area contributed by atoms with E-state index in [1.807, 2.05) is 6.92 Å². The average Bonchev–Trinajstić information content (AvgIpc) is 3.26. The van der Waals surface area contributed by atoms with Crippen LogP contribution in [0.2, 0.25) is 0 Å². The molecule has 3 heterocycles. The number of anilines is 2. The Labute approximate surface area is 237 Å². The summed E-state index contributed by atoms with van der Waals surface area (Å²) >= 11 is 0. The number of pyridine rings is 2. The van der Waals surface area contributed by atoms with Gasteiger partial charge in [0.15, 0.2) is 0 Å². The molecule has 1 fully saturated rings. The Morgan fingerprint density at radius 2 is 1.74 bits per heavy atom. The lowest BCUT2D eigenvalue weighted by Gasteiger charge is -2.42. The predicted octanol–water partition coefficient (Wildman–Crippen LogP) is 2.36. The molecule has 2 aromatic heterocycles. The Balaban J connectivity index is 0.000000748. The molecular formula is C26H29F3N5O7P. The molecule has 5 rings (SSSR count). The molecule has 12 nitrogen and oxygen atoms in total. The third-order valence-corrected chi connectivity index (χ3v) is 6.87. The molecule has 3 aromatic rings. The fraction of sp³-hybridized carbons (Fsp3) is 0.346. The Morgan fingerprint density at radius 3 is 2.38 bits per heavy atom. The van der Waals surface area contributed by atoms with Crippen molar-refractivity contribution in [1.29, 1.82) is 0 Å². The van der Waals surface area contributed by atoms with Gasteiger partial charge in [-0.25, -0.2) is 22.7 Å². The van der Waals surface area contributed by atoms with Crippen LogP contribution in [0.15, 0.2) is 36.5 Å². The summed E-state index contributed by atoms with van der Waals surface area (Å²) < 4.78 is 52.0. The summed E-state index contributed by atoms with van der Waals surface area (Å²) in [7, 11) is -4.64. The molecular weight excluding hydrogens is 582 g/mol. The number of rotatable bonds is 4. The van der Waals surface area contributed by atoms with Gasteiger partial charge in [-0.3, -0.25) is 9.78 Å². The fourth-order valence-electron chi connectivity index (χ4n) is 5.14. The molecule has 16 heteroatoms. The quantitative estimate of drug-likeness (QED) is 0.214. The number of aromatic nitrogens is 2. The van der Waals surface area contributed by atoms with Crippen molar-refractivity contribution in [2.24, 2.45) is 11.7 Å². The van der Waals surface area contributed by atoms with Crippen LogP contribution in [0.3, 0.4) is 0 Å². The second kappa shape index (κ2) is 12.4. The van der Waals surface area contributed by atoms with Crippen molar-refractivity contribution in [3.63, 3.8) is 0 Å². The molecule has 1 aromatic carbocycles. The molecule has 226 valence electrons. The molecule has 2 aliphatic rings. The first-order chi connectivity index (χ1) is 19.7. The van der Waals surface area contributed by atoms with Crippen molar-refractivity contribution in [2.75, 3.05) is 16.8 Å². The highest BCUT2D eigenvalue weighted by molar-refractivity contribution is 7.45. The number of amides is 1. The van der Waals surface area contributed by atoms with Crippen molar-refractivity contribution >= 4 is 25.1 Å². The van der Waals surface area contributed by atoms with E-state index in [1.165, 1.54) is 6.20 Å². The first-order valence-electron chi connectivity index (χ1n) is 12.8. The van der Waals surface area contributed by atoms with Crippen molar-refractivity contribution in [2.45, 2.75) is 44.6 Å². The van der Waals surface area contributed by atoms with Gasteiger partial charge in [-0.15, -0.1) is 0 Å². The number of nitrogens with two attached hydrogens (primary N) is 1. The normalized spacial score (nSPS) is 21.8. The second-order valence-corrected chi connectivity index (χ2v) is 11.1. The summed E-state index contributed by atoms with van der Waals surface area (Å²) in [5, 5.41) is 24.0. The van der Waals surface area contributed by atoms with Gasteiger partial charge < -0.3 is 40.8 Å². The predicted molar refractivity (Wildman–Crippen MR) is 144 cm³/mol. The van der Waals surface area contributed by atoms with Crippen LogP contribution in [0.25, 0.3) is 11.3 Å². The smallest absolute Gasteiger partial charge is 0.387 e. The van der Waals surface area contributed by atoms with E-state index in [-0.39, 0.29) is 17.3 Å². The Morgan fingerprint density at radius 1 is 1.10 bits per heavy atom.